The van der Waals surface area contributed by atoms with E-state index in [1.807, 2.05) is 13.8 Å². The van der Waals surface area contributed by atoms with E-state index >= 15 is 0 Å². The molecule has 0 amide bonds. The Morgan fingerprint density at radius 2 is 1.75 bits per heavy atom. The van der Waals surface area contributed by atoms with Crippen LogP contribution in [-0.2, 0) is 21.8 Å². The van der Waals surface area contributed by atoms with Crippen LogP contribution in [0.1, 0.15) is 25.0 Å². The summed E-state index contributed by atoms with van der Waals surface area (Å²) < 4.78 is 61.3. The molecule has 8 heteroatoms. The van der Waals surface area contributed by atoms with Crippen LogP contribution in [0.3, 0.4) is 0 Å². The molecule has 0 aliphatic rings. The maximum Gasteiger partial charge on any atom is 0.416 e. The first-order valence-electron chi connectivity index (χ1n) is 5.96. The summed E-state index contributed by atoms with van der Waals surface area (Å²) in [5.74, 6) is 0. The monoisotopic (exact) mass is 329 g/mol. The Balaban J connectivity index is 3.32. The minimum absolute atomic E-state index is 0.0327. The fraction of sp³-hybridized carbons (Fsp3) is 0.500. The van der Waals surface area contributed by atoms with Crippen LogP contribution in [0, 0.1) is 0 Å². The van der Waals surface area contributed by atoms with Crippen LogP contribution in [0.4, 0.5) is 13.2 Å². The molecular weight excluding hydrogens is 315 g/mol. The zero-order valence-electron chi connectivity index (χ0n) is 11.0. The highest BCUT2D eigenvalue weighted by Gasteiger charge is 2.34. The second-order valence-electron chi connectivity index (χ2n) is 4.22. The Morgan fingerprint density at radius 3 is 2.15 bits per heavy atom. The van der Waals surface area contributed by atoms with E-state index < -0.39 is 25.7 Å². The molecular formula is C12H15ClF3NO2S. The summed E-state index contributed by atoms with van der Waals surface area (Å²) >= 11 is 0. The molecule has 114 valence electrons. The molecule has 0 unspecified atom stereocenters. The van der Waals surface area contributed by atoms with Crippen LogP contribution >= 0.6 is 10.7 Å². The van der Waals surface area contributed by atoms with Gasteiger partial charge in [0.15, 0.2) is 0 Å². The minimum Gasteiger partial charge on any atom is -0.300 e. The lowest BCUT2D eigenvalue weighted by atomic mass is 10.1. The van der Waals surface area contributed by atoms with Crippen molar-refractivity contribution in [2.75, 3.05) is 13.1 Å². The van der Waals surface area contributed by atoms with E-state index in [2.05, 4.69) is 0 Å². The number of halogens is 4. The number of nitrogens with zero attached hydrogens (tertiary/aromatic N) is 1. The van der Waals surface area contributed by atoms with Crippen LogP contribution in [0.25, 0.3) is 0 Å². The minimum atomic E-state index is -4.62. The third-order valence-corrected chi connectivity index (χ3v) is 4.31. The van der Waals surface area contributed by atoms with E-state index in [4.69, 9.17) is 10.7 Å². The van der Waals surface area contributed by atoms with Crippen molar-refractivity contribution >= 4 is 19.7 Å². The molecule has 1 aromatic carbocycles. The Hall–Kier alpha value is -0.790. The molecule has 3 nitrogen and oxygen atoms in total. The lowest BCUT2D eigenvalue weighted by molar-refractivity contribution is -0.138. The Labute approximate surface area is 120 Å². The van der Waals surface area contributed by atoms with E-state index in [1.54, 1.807) is 4.90 Å². The molecule has 0 N–H and O–H groups in total. The first-order valence-corrected chi connectivity index (χ1v) is 8.27. The van der Waals surface area contributed by atoms with Crippen molar-refractivity contribution in [3.8, 4) is 0 Å². The van der Waals surface area contributed by atoms with Crippen molar-refractivity contribution in [2.24, 2.45) is 0 Å². The maximum absolute atomic E-state index is 13.0. The zero-order valence-corrected chi connectivity index (χ0v) is 12.6. The fourth-order valence-corrected chi connectivity index (χ4v) is 2.57. The van der Waals surface area contributed by atoms with Crippen LogP contribution in [0.2, 0.25) is 0 Å². The Kier molecular flexibility index (Phi) is 5.46. The van der Waals surface area contributed by atoms with Gasteiger partial charge in [0.1, 0.15) is 0 Å². The zero-order chi connectivity index (χ0) is 15.6. The standard InChI is InChI=1S/C12H15ClF3NO2S/c1-3-17(4-2)8-9-5-6-10(20(13,18)19)7-11(9)12(14,15)16/h5-7H,3-4,8H2,1-2H3. The predicted molar refractivity (Wildman–Crippen MR) is 71.1 cm³/mol. The van der Waals surface area contributed by atoms with Gasteiger partial charge in [0.25, 0.3) is 9.05 Å². The van der Waals surface area contributed by atoms with Crippen molar-refractivity contribution in [1.29, 1.82) is 0 Å². The number of benzene rings is 1. The maximum atomic E-state index is 13.0. The molecule has 0 saturated heterocycles. The molecule has 0 radical (unpaired) electrons. The summed E-state index contributed by atoms with van der Waals surface area (Å²) in [4.78, 5) is 1.26. The summed E-state index contributed by atoms with van der Waals surface area (Å²) in [6.07, 6.45) is -4.62. The Morgan fingerprint density at radius 1 is 1.20 bits per heavy atom. The van der Waals surface area contributed by atoms with Gasteiger partial charge >= 0.3 is 6.18 Å². The lowest BCUT2D eigenvalue weighted by Gasteiger charge is -2.21. The van der Waals surface area contributed by atoms with E-state index in [-0.39, 0.29) is 12.1 Å². The molecule has 0 fully saturated rings. The average Bonchev–Trinajstić information content (AvgIpc) is 2.33. The van der Waals surface area contributed by atoms with Crippen LogP contribution in [0.15, 0.2) is 23.1 Å². The fourth-order valence-electron chi connectivity index (χ4n) is 1.80. The molecule has 1 aromatic rings. The smallest absolute Gasteiger partial charge is 0.300 e. The number of rotatable bonds is 5. The highest BCUT2D eigenvalue weighted by Crippen LogP contribution is 2.34. The van der Waals surface area contributed by atoms with Gasteiger partial charge < -0.3 is 0 Å². The highest BCUT2D eigenvalue weighted by molar-refractivity contribution is 8.13. The third kappa shape index (κ3) is 4.36. The van der Waals surface area contributed by atoms with Gasteiger partial charge in [-0.25, -0.2) is 8.42 Å². The third-order valence-electron chi connectivity index (χ3n) is 2.96. The SMILES string of the molecule is CCN(CC)Cc1ccc(S(=O)(=O)Cl)cc1C(F)(F)F. The van der Waals surface area contributed by atoms with Gasteiger partial charge in [-0.05, 0) is 30.8 Å². The average molecular weight is 330 g/mol. The van der Waals surface area contributed by atoms with Crippen molar-refractivity contribution in [3.63, 3.8) is 0 Å². The van der Waals surface area contributed by atoms with Crippen molar-refractivity contribution in [2.45, 2.75) is 31.5 Å². The van der Waals surface area contributed by atoms with Gasteiger partial charge in [0, 0.05) is 17.2 Å². The van der Waals surface area contributed by atoms with E-state index in [1.165, 1.54) is 0 Å². The lowest BCUT2D eigenvalue weighted by Crippen LogP contribution is -2.24. The molecule has 0 aromatic heterocycles. The highest BCUT2D eigenvalue weighted by atomic mass is 35.7. The first kappa shape index (κ1) is 17.3. The predicted octanol–water partition coefficient (Wildman–Crippen LogP) is 3.47. The number of hydrogen-bond donors (Lipinski definition) is 0. The van der Waals surface area contributed by atoms with Gasteiger partial charge in [0.05, 0.1) is 10.5 Å². The summed E-state index contributed by atoms with van der Waals surface area (Å²) in [6, 6.07) is 2.84. The molecule has 1 rings (SSSR count). The summed E-state index contributed by atoms with van der Waals surface area (Å²) in [6.45, 7) is 4.99. The molecule has 0 spiro atoms. The van der Waals surface area contributed by atoms with Crippen molar-refractivity contribution < 1.29 is 21.6 Å². The van der Waals surface area contributed by atoms with Gasteiger partial charge in [-0.2, -0.15) is 13.2 Å². The van der Waals surface area contributed by atoms with Crippen molar-refractivity contribution in [1.82, 2.24) is 4.90 Å². The second kappa shape index (κ2) is 6.32. The normalized spacial score (nSPS) is 12.9. The molecule has 0 bridgehead atoms. The molecule has 20 heavy (non-hydrogen) atoms. The summed E-state index contributed by atoms with van der Waals surface area (Å²) in [5.41, 5.74) is -0.934. The quantitative estimate of drug-likeness (QED) is 0.776. The first-order chi connectivity index (χ1) is 9.09. The molecule has 0 heterocycles. The van der Waals surface area contributed by atoms with Crippen LogP contribution in [-0.4, -0.2) is 26.4 Å². The van der Waals surface area contributed by atoms with E-state index in [0.717, 1.165) is 12.1 Å². The topological polar surface area (TPSA) is 37.4 Å². The van der Waals surface area contributed by atoms with Crippen molar-refractivity contribution in [3.05, 3.63) is 29.3 Å². The molecule has 0 aliphatic carbocycles. The number of hydrogen-bond acceptors (Lipinski definition) is 3. The van der Waals surface area contributed by atoms with Gasteiger partial charge in [-0.15, -0.1) is 0 Å². The van der Waals surface area contributed by atoms with Gasteiger partial charge in [-0.1, -0.05) is 19.9 Å². The molecule has 0 atom stereocenters. The van der Waals surface area contributed by atoms with E-state index in [9.17, 15) is 21.6 Å². The largest absolute Gasteiger partial charge is 0.416 e. The Bertz CT molecular complexity index is 569. The van der Waals surface area contributed by atoms with E-state index in [0.29, 0.717) is 19.2 Å². The number of alkyl halides is 3. The van der Waals surface area contributed by atoms with Gasteiger partial charge in [-0.3, -0.25) is 4.90 Å². The summed E-state index contributed by atoms with van der Waals surface area (Å²) in [7, 11) is 0.904. The molecule has 0 saturated carbocycles. The molecule has 0 aliphatic heterocycles. The summed E-state index contributed by atoms with van der Waals surface area (Å²) in [5, 5.41) is 0. The second-order valence-corrected chi connectivity index (χ2v) is 6.78. The van der Waals surface area contributed by atoms with Crippen LogP contribution < -0.4 is 0 Å². The van der Waals surface area contributed by atoms with Crippen LogP contribution in [0.5, 0.6) is 0 Å². The van der Waals surface area contributed by atoms with Gasteiger partial charge in [0.2, 0.25) is 0 Å².